The van der Waals surface area contributed by atoms with Gasteiger partial charge in [0, 0.05) is 42.8 Å². The van der Waals surface area contributed by atoms with E-state index in [1.54, 1.807) is 13.4 Å². The minimum Gasteiger partial charge on any atom is -0.497 e. The third-order valence-electron chi connectivity index (χ3n) is 4.18. The Morgan fingerprint density at radius 3 is 2.76 bits per heavy atom. The number of benzene rings is 2. The van der Waals surface area contributed by atoms with E-state index < -0.39 is 0 Å². The molecule has 1 heterocycles. The van der Waals surface area contributed by atoms with Crippen LogP contribution in [-0.4, -0.2) is 33.2 Å². The summed E-state index contributed by atoms with van der Waals surface area (Å²) in [5.74, 6) is 0.724. The predicted molar refractivity (Wildman–Crippen MR) is 99.2 cm³/mol. The molecule has 0 aliphatic carbocycles. The zero-order valence-electron chi connectivity index (χ0n) is 14.5. The van der Waals surface area contributed by atoms with Crippen molar-refractivity contribution in [1.82, 2.24) is 5.32 Å². The third kappa shape index (κ3) is 4.12. The molecular formula is C20H22N2O3. The van der Waals surface area contributed by atoms with Gasteiger partial charge in [-0.15, -0.1) is 0 Å². The fraction of sp³-hybridized carbons (Fsp3) is 0.250. The first-order valence-electron chi connectivity index (χ1n) is 8.24. The van der Waals surface area contributed by atoms with Gasteiger partial charge in [-0.1, -0.05) is 18.2 Å². The van der Waals surface area contributed by atoms with E-state index in [2.05, 4.69) is 10.2 Å². The molecule has 0 spiro atoms. The summed E-state index contributed by atoms with van der Waals surface area (Å²) in [4.78, 5) is 14.3. The van der Waals surface area contributed by atoms with Crippen molar-refractivity contribution in [2.75, 3.05) is 32.1 Å². The number of carbonyl (C=O) groups is 1. The smallest absolute Gasteiger partial charge is 0.224 e. The highest BCUT2D eigenvalue weighted by Gasteiger charge is 2.11. The second-order valence-corrected chi connectivity index (χ2v) is 5.91. The third-order valence-corrected chi connectivity index (χ3v) is 4.18. The van der Waals surface area contributed by atoms with Crippen molar-refractivity contribution in [3.05, 3.63) is 60.4 Å². The average molecular weight is 338 g/mol. The molecule has 0 unspecified atom stereocenters. The first kappa shape index (κ1) is 16.9. The number of carbonyl (C=O) groups excluding carboxylic acids is 1. The second-order valence-electron chi connectivity index (χ2n) is 5.91. The Hall–Kier alpha value is -2.95. The summed E-state index contributed by atoms with van der Waals surface area (Å²) < 4.78 is 10.7. The van der Waals surface area contributed by atoms with Crippen LogP contribution in [0.1, 0.15) is 5.56 Å². The molecule has 3 aromatic rings. The van der Waals surface area contributed by atoms with Gasteiger partial charge in [0.15, 0.2) is 0 Å². The molecule has 1 aromatic heterocycles. The summed E-state index contributed by atoms with van der Waals surface area (Å²) in [5.41, 5.74) is 2.74. The number of methoxy groups -OCH3 is 1. The van der Waals surface area contributed by atoms with Crippen molar-refractivity contribution in [2.45, 2.75) is 6.42 Å². The number of furan rings is 1. The Bertz CT molecular complexity index is 843. The fourth-order valence-corrected chi connectivity index (χ4v) is 2.74. The highest BCUT2D eigenvalue weighted by Crippen LogP contribution is 2.25. The summed E-state index contributed by atoms with van der Waals surface area (Å²) in [7, 11) is 3.63. The van der Waals surface area contributed by atoms with Gasteiger partial charge in [0.25, 0.3) is 0 Å². The highest BCUT2D eigenvalue weighted by atomic mass is 16.5. The van der Waals surface area contributed by atoms with E-state index in [1.165, 1.54) is 0 Å². The first-order chi connectivity index (χ1) is 12.2. The van der Waals surface area contributed by atoms with Gasteiger partial charge in [-0.2, -0.15) is 0 Å². The van der Waals surface area contributed by atoms with E-state index in [9.17, 15) is 4.79 Å². The Kier molecular flexibility index (Phi) is 5.23. The molecular weight excluding hydrogens is 316 g/mol. The molecule has 5 heteroatoms. The molecule has 130 valence electrons. The summed E-state index contributed by atoms with van der Waals surface area (Å²) >= 11 is 0. The summed E-state index contributed by atoms with van der Waals surface area (Å²) in [6.07, 6.45) is 1.94. The number of nitrogens with zero attached hydrogens (tertiary/aromatic N) is 1. The zero-order chi connectivity index (χ0) is 17.6. The quantitative estimate of drug-likeness (QED) is 0.718. The largest absolute Gasteiger partial charge is 0.497 e. The molecule has 1 amide bonds. The monoisotopic (exact) mass is 338 g/mol. The molecule has 0 atom stereocenters. The SMILES string of the molecule is COc1ccc2c(CC(=O)NCCN(C)c3ccccc3)coc2c1. The number of ether oxygens (including phenoxy) is 1. The second kappa shape index (κ2) is 7.75. The van der Waals surface area contributed by atoms with E-state index in [-0.39, 0.29) is 5.91 Å². The maximum atomic E-state index is 12.2. The number of fused-ring (bicyclic) bond motifs is 1. The van der Waals surface area contributed by atoms with Crippen molar-refractivity contribution in [3.8, 4) is 5.75 Å². The Morgan fingerprint density at radius 2 is 2.00 bits per heavy atom. The van der Waals surface area contributed by atoms with Crippen LogP contribution in [0.5, 0.6) is 5.75 Å². The highest BCUT2D eigenvalue weighted by molar-refractivity contribution is 5.88. The molecule has 0 radical (unpaired) electrons. The van der Waals surface area contributed by atoms with Gasteiger partial charge in [-0.05, 0) is 24.3 Å². The lowest BCUT2D eigenvalue weighted by atomic mass is 10.1. The average Bonchev–Trinajstić information content (AvgIpc) is 3.04. The number of nitrogens with one attached hydrogen (secondary N) is 1. The minimum absolute atomic E-state index is 0.0139. The minimum atomic E-state index is -0.0139. The van der Waals surface area contributed by atoms with Crippen LogP contribution in [0.2, 0.25) is 0 Å². The zero-order valence-corrected chi connectivity index (χ0v) is 14.5. The van der Waals surface area contributed by atoms with Gasteiger partial charge in [-0.25, -0.2) is 0 Å². The predicted octanol–water partition coefficient (Wildman–Crippen LogP) is 3.24. The van der Waals surface area contributed by atoms with Gasteiger partial charge < -0.3 is 19.4 Å². The van der Waals surface area contributed by atoms with Crippen molar-refractivity contribution >= 4 is 22.6 Å². The maximum absolute atomic E-state index is 12.2. The van der Waals surface area contributed by atoms with Gasteiger partial charge >= 0.3 is 0 Å². The first-order valence-corrected chi connectivity index (χ1v) is 8.24. The van der Waals surface area contributed by atoms with E-state index in [1.807, 2.05) is 55.6 Å². The Morgan fingerprint density at radius 1 is 1.20 bits per heavy atom. The van der Waals surface area contributed by atoms with E-state index in [0.29, 0.717) is 13.0 Å². The number of amides is 1. The molecule has 0 aliphatic heterocycles. The van der Waals surface area contributed by atoms with Gasteiger partial charge in [-0.3, -0.25) is 4.79 Å². The maximum Gasteiger partial charge on any atom is 0.224 e. The molecule has 2 aromatic carbocycles. The number of hydrogen-bond acceptors (Lipinski definition) is 4. The number of para-hydroxylation sites is 1. The summed E-state index contributed by atoms with van der Waals surface area (Å²) in [6.45, 7) is 1.34. The van der Waals surface area contributed by atoms with Crippen molar-refractivity contribution in [3.63, 3.8) is 0 Å². The Labute approximate surface area is 147 Å². The van der Waals surface area contributed by atoms with Crippen molar-refractivity contribution in [2.24, 2.45) is 0 Å². The van der Waals surface area contributed by atoms with E-state index in [4.69, 9.17) is 9.15 Å². The van der Waals surface area contributed by atoms with Crippen LogP contribution in [-0.2, 0) is 11.2 Å². The van der Waals surface area contributed by atoms with Crippen LogP contribution in [0.3, 0.4) is 0 Å². The lowest BCUT2D eigenvalue weighted by Gasteiger charge is -2.19. The van der Waals surface area contributed by atoms with Gasteiger partial charge in [0.1, 0.15) is 11.3 Å². The number of hydrogen-bond donors (Lipinski definition) is 1. The van der Waals surface area contributed by atoms with Crippen molar-refractivity contribution < 1.29 is 13.9 Å². The molecule has 0 saturated carbocycles. The van der Waals surface area contributed by atoms with Crippen LogP contribution >= 0.6 is 0 Å². The molecule has 5 nitrogen and oxygen atoms in total. The number of likely N-dealkylation sites (N-methyl/N-ethyl adjacent to an activating group) is 1. The molecule has 0 fully saturated rings. The molecule has 0 aliphatic rings. The normalized spacial score (nSPS) is 10.6. The molecule has 25 heavy (non-hydrogen) atoms. The fourth-order valence-electron chi connectivity index (χ4n) is 2.74. The molecule has 1 N–H and O–H groups in total. The summed E-state index contributed by atoms with van der Waals surface area (Å²) in [5, 5.41) is 3.90. The molecule has 0 bridgehead atoms. The molecule has 0 saturated heterocycles. The lowest BCUT2D eigenvalue weighted by molar-refractivity contribution is -0.120. The molecule has 3 rings (SSSR count). The van der Waals surface area contributed by atoms with Crippen LogP contribution in [0.15, 0.2) is 59.2 Å². The van der Waals surface area contributed by atoms with Crippen LogP contribution in [0.4, 0.5) is 5.69 Å². The Balaban J connectivity index is 1.53. The lowest BCUT2D eigenvalue weighted by Crippen LogP contribution is -2.33. The summed E-state index contributed by atoms with van der Waals surface area (Å²) in [6, 6.07) is 15.7. The standard InChI is InChI=1S/C20H22N2O3/c1-22(16-6-4-3-5-7-16)11-10-21-20(23)12-15-14-25-19-13-17(24-2)8-9-18(15)19/h3-9,13-14H,10-12H2,1-2H3,(H,21,23). The van der Waals surface area contributed by atoms with E-state index >= 15 is 0 Å². The van der Waals surface area contributed by atoms with Crippen LogP contribution in [0, 0.1) is 0 Å². The number of anilines is 1. The van der Waals surface area contributed by atoms with Crippen LogP contribution in [0.25, 0.3) is 11.0 Å². The van der Waals surface area contributed by atoms with Crippen LogP contribution < -0.4 is 15.0 Å². The van der Waals surface area contributed by atoms with Gasteiger partial charge in [0.2, 0.25) is 5.91 Å². The topological polar surface area (TPSA) is 54.7 Å². The van der Waals surface area contributed by atoms with E-state index in [0.717, 1.165) is 34.5 Å². The van der Waals surface area contributed by atoms with Gasteiger partial charge in [0.05, 0.1) is 19.8 Å². The number of rotatable bonds is 7. The van der Waals surface area contributed by atoms with Crippen molar-refractivity contribution in [1.29, 1.82) is 0 Å².